The lowest BCUT2D eigenvalue weighted by atomic mass is 10.1. The van der Waals surface area contributed by atoms with E-state index < -0.39 is 24.5 Å². The standard InChI is InChI=1S/C24H22N2O5/c1-2-15-30-24(29)19-8-11-20(12-9-19)26-21(27)16-31-22(28)13-10-18-6-3-5-17-7-4-14-25-23(17)18/h3-14H,2,15-16H2,1H3,(H,26,27)/b13-10-. The number of aromatic nitrogens is 1. The van der Waals surface area contributed by atoms with Crippen LogP contribution in [0.5, 0.6) is 0 Å². The molecule has 1 amide bonds. The highest BCUT2D eigenvalue weighted by atomic mass is 16.5. The van der Waals surface area contributed by atoms with Crippen molar-refractivity contribution in [2.75, 3.05) is 18.5 Å². The topological polar surface area (TPSA) is 94.6 Å². The Bertz CT molecular complexity index is 1100. The fraction of sp³-hybridized carbons (Fsp3) is 0.167. The lowest BCUT2D eigenvalue weighted by Gasteiger charge is -2.07. The van der Waals surface area contributed by atoms with Crippen molar-refractivity contribution in [3.8, 4) is 0 Å². The predicted molar refractivity (Wildman–Crippen MR) is 117 cm³/mol. The number of pyridine rings is 1. The van der Waals surface area contributed by atoms with Gasteiger partial charge in [-0.2, -0.15) is 0 Å². The second-order valence-electron chi connectivity index (χ2n) is 6.62. The number of hydrogen-bond donors (Lipinski definition) is 1. The number of anilines is 1. The molecule has 0 atom stereocenters. The van der Waals surface area contributed by atoms with Crippen LogP contribution in [0.2, 0.25) is 0 Å². The van der Waals surface area contributed by atoms with E-state index in [-0.39, 0.29) is 0 Å². The number of rotatable bonds is 8. The summed E-state index contributed by atoms with van der Waals surface area (Å²) in [6.07, 6.45) is 5.29. The minimum absolute atomic E-state index is 0.355. The van der Waals surface area contributed by atoms with Crippen LogP contribution < -0.4 is 5.32 Å². The van der Waals surface area contributed by atoms with Gasteiger partial charge in [-0.15, -0.1) is 0 Å². The number of para-hydroxylation sites is 1. The predicted octanol–water partition coefficient (Wildman–Crippen LogP) is 4.00. The lowest BCUT2D eigenvalue weighted by Crippen LogP contribution is -2.20. The number of benzene rings is 2. The maximum atomic E-state index is 12.0. The fourth-order valence-electron chi connectivity index (χ4n) is 2.77. The zero-order chi connectivity index (χ0) is 22.1. The number of amides is 1. The van der Waals surface area contributed by atoms with Crippen LogP contribution in [0, 0.1) is 0 Å². The summed E-state index contributed by atoms with van der Waals surface area (Å²) in [5.41, 5.74) is 2.42. The minimum atomic E-state index is -0.642. The monoisotopic (exact) mass is 418 g/mol. The molecule has 3 rings (SSSR count). The summed E-state index contributed by atoms with van der Waals surface area (Å²) < 4.78 is 10.0. The number of carbonyl (C=O) groups is 3. The molecule has 0 saturated carbocycles. The number of nitrogens with zero attached hydrogens (tertiary/aromatic N) is 1. The normalized spacial score (nSPS) is 10.7. The molecule has 0 spiro atoms. The molecule has 0 aliphatic heterocycles. The van der Waals surface area contributed by atoms with Crippen LogP contribution in [0.15, 0.2) is 66.9 Å². The Morgan fingerprint density at radius 3 is 2.55 bits per heavy atom. The van der Waals surface area contributed by atoms with E-state index in [1.54, 1.807) is 36.5 Å². The Balaban J connectivity index is 1.49. The van der Waals surface area contributed by atoms with Crippen LogP contribution in [-0.4, -0.2) is 36.0 Å². The van der Waals surface area contributed by atoms with E-state index in [0.717, 1.165) is 22.9 Å². The number of carbonyl (C=O) groups excluding carboxylic acids is 3. The van der Waals surface area contributed by atoms with Crippen molar-refractivity contribution in [2.24, 2.45) is 0 Å². The van der Waals surface area contributed by atoms with Crippen LogP contribution in [0.1, 0.15) is 29.3 Å². The van der Waals surface area contributed by atoms with Gasteiger partial charge in [0, 0.05) is 28.9 Å². The van der Waals surface area contributed by atoms with E-state index in [0.29, 0.717) is 17.9 Å². The Morgan fingerprint density at radius 2 is 1.77 bits per heavy atom. The van der Waals surface area contributed by atoms with Gasteiger partial charge in [-0.3, -0.25) is 9.78 Å². The SMILES string of the molecule is CCCOC(=O)c1ccc(NC(=O)COC(=O)/C=C\c2cccc3cccnc23)cc1. The zero-order valence-corrected chi connectivity index (χ0v) is 17.0. The Morgan fingerprint density at radius 1 is 1.00 bits per heavy atom. The van der Waals surface area contributed by atoms with Crippen molar-refractivity contribution in [1.82, 2.24) is 4.98 Å². The van der Waals surface area contributed by atoms with E-state index in [1.807, 2.05) is 37.3 Å². The average molecular weight is 418 g/mol. The third-order valence-corrected chi connectivity index (χ3v) is 4.25. The number of hydrogen-bond acceptors (Lipinski definition) is 6. The second kappa shape index (κ2) is 10.7. The van der Waals surface area contributed by atoms with Gasteiger partial charge in [-0.05, 0) is 42.8 Å². The molecule has 0 aliphatic rings. The van der Waals surface area contributed by atoms with Gasteiger partial charge in [0.25, 0.3) is 5.91 Å². The summed E-state index contributed by atoms with van der Waals surface area (Å²) in [7, 11) is 0. The molecule has 0 fully saturated rings. The highest BCUT2D eigenvalue weighted by Crippen LogP contribution is 2.17. The molecule has 0 saturated heterocycles. The van der Waals surface area contributed by atoms with Gasteiger partial charge in [0.1, 0.15) is 0 Å². The molecule has 1 N–H and O–H groups in total. The first-order chi connectivity index (χ1) is 15.1. The van der Waals surface area contributed by atoms with Crippen LogP contribution in [0.25, 0.3) is 17.0 Å². The first-order valence-corrected chi connectivity index (χ1v) is 9.82. The van der Waals surface area contributed by atoms with E-state index in [9.17, 15) is 14.4 Å². The molecular weight excluding hydrogens is 396 g/mol. The van der Waals surface area contributed by atoms with E-state index in [1.165, 1.54) is 6.08 Å². The molecule has 0 unspecified atom stereocenters. The molecule has 3 aromatic rings. The molecule has 0 aliphatic carbocycles. The summed E-state index contributed by atoms with van der Waals surface area (Å²) in [6.45, 7) is 1.83. The summed E-state index contributed by atoms with van der Waals surface area (Å²) in [6, 6.07) is 15.7. The first kappa shape index (κ1) is 21.7. The molecule has 0 bridgehead atoms. The van der Waals surface area contributed by atoms with E-state index in [4.69, 9.17) is 9.47 Å². The summed E-state index contributed by atoms with van der Waals surface area (Å²) >= 11 is 0. The van der Waals surface area contributed by atoms with Crippen molar-refractivity contribution < 1.29 is 23.9 Å². The highest BCUT2D eigenvalue weighted by molar-refractivity contribution is 5.96. The Labute approximate surface area is 179 Å². The summed E-state index contributed by atoms with van der Waals surface area (Å²) in [4.78, 5) is 40.1. The zero-order valence-electron chi connectivity index (χ0n) is 17.0. The van der Waals surface area contributed by atoms with Crippen molar-refractivity contribution in [2.45, 2.75) is 13.3 Å². The quantitative estimate of drug-likeness (QED) is 0.439. The van der Waals surface area contributed by atoms with Gasteiger partial charge >= 0.3 is 11.9 Å². The van der Waals surface area contributed by atoms with Crippen molar-refractivity contribution >= 4 is 40.5 Å². The van der Waals surface area contributed by atoms with Crippen LogP contribution >= 0.6 is 0 Å². The number of esters is 2. The largest absolute Gasteiger partial charge is 0.462 e. The Hall–Kier alpha value is -4.00. The number of ether oxygens (including phenoxy) is 2. The van der Waals surface area contributed by atoms with E-state index >= 15 is 0 Å². The third kappa shape index (κ3) is 6.24. The van der Waals surface area contributed by atoms with Gasteiger partial charge in [-0.25, -0.2) is 9.59 Å². The maximum absolute atomic E-state index is 12.0. The van der Waals surface area contributed by atoms with Crippen molar-refractivity contribution in [1.29, 1.82) is 0 Å². The summed E-state index contributed by atoms with van der Waals surface area (Å²) in [5, 5.41) is 3.56. The number of fused-ring (bicyclic) bond motifs is 1. The molecule has 0 radical (unpaired) electrons. The first-order valence-electron chi connectivity index (χ1n) is 9.82. The molecule has 7 heteroatoms. The third-order valence-electron chi connectivity index (χ3n) is 4.25. The number of nitrogens with one attached hydrogen (secondary N) is 1. The molecule has 31 heavy (non-hydrogen) atoms. The lowest BCUT2D eigenvalue weighted by molar-refractivity contribution is -0.142. The Kier molecular flexibility index (Phi) is 7.48. The van der Waals surface area contributed by atoms with Crippen molar-refractivity contribution in [3.05, 3.63) is 78.0 Å². The molecular formula is C24H22N2O5. The van der Waals surface area contributed by atoms with E-state index in [2.05, 4.69) is 10.3 Å². The van der Waals surface area contributed by atoms with Crippen molar-refractivity contribution in [3.63, 3.8) is 0 Å². The molecule has 7 nitrogen and oxygen atoms in total. The van der Waals surface area contributed by atoms with Gasteiger partial charge in [-0.1, -0.05) is 31.2 Å². The smallest absolute Gasteiger partial charge is 0.338 e. The highest BCUT2D eigenvalue weighted by Gasteiger charge is 2.09. The van der Waals surface area contributed by atoms with Crippen LogP contribution in [0.4, 0.5) is 5.69 Å². The fourth-order valence-corrected chi connectivity index (χ4v) is 2.77. The van der Waals surface area contributed by atoms with Gasteiger partial charge in [0.2, 0.25) is 0 Å². The van der Waals surface area contributed by atoms with Gasteiger partial charge in [0.15, 0.2) is 6.61 Å². The van der Waals surface area contributed by atoms with Gasteiger partial charge < -0.3 is 14.8 Å². The van der Waals surface area contributed by atoms with Gasteiger partial charge in [0.05, 0.1) is 17.7 Å². The molecule has 2 aromatic carbocycles. The molecule has 158 valence electrons. The van der Waals surface area contributed by atoms with Crippen LogP contribution in [0.3, 0.4) is 0 Å². The average Bonchev–Trinajstić information content (AvgIpc) is 2.80. The molecule has 1 aromatic heterocycles. The molecule has 1 heterocycles. The maximum Gasteiger partial charge on any atom is 0.338 e. The van der Waals surface area contributed by atoms with Crippen LogP contribution in [-0.2, 0) is 19.1 Å². The summed E-state index contributed by atoms with van der Waals surface area (Å²) in [5.74, 6) is -1.55. The minimum Gasteiger partial charge on any atom is -0.462 e. The second-order valence-corrected chi connectivity index (χ2v) is 6.62.